The fraction of sp³-hybridized carbons (Fsp3) is 0.364. The van der Waals surface area contributed by atoms with E-state index in [1.165, 1.54) is 0 Å². The summed E-state index contributed by atoms with van der Waals surface area (Å²) in [5, 5.41) is 3.82. The van der Waals surface area contributed by atoms with Crippen molar-refractivity contribution in [3.63, 3.8) is 0 Å². The largest absolute Gasteiger partial charge is 0.466 e. The molecule has 94 valence electrons. The number of nitrogens with two attached hydrogens (primary N) is 1. The molecule has 1 aromatic rings. The average Bonchev–Trinajstić information content (AvgIpc) is 2.26. The van der Waals surface area contributed by atoms with E-state index in [1.54, 1.807) is 19.1 Å². The molecule has 4 nitrogen and oxygen atoms in total. The topological polar surface area (TPSA) is 64.3 Å². The van der Waals surface area contributed by atoms with Crippen LogP contribution in [-0.4, -0.2) is 19.1 Å². The predicted octanol–water partition coefficient (Wildman–Crippen LogP) is 2.94. The Morgan fingerprint density at radius 2 is 2.06 bits per heavy atom. The number of esters is 1. The number of carbonyl (C=O) groups is 1. The highest BCUT2D eigenvalue weighted by atomic mass is 35.5. The molecule has 0 aliphatic carbocycles. The van der Waals surface area contributed by atoms with Crippen LogP contribution in [0.1, 0.15) is 13.3 Å². The lowest BCUT2D eigenvalue weighted by molar-refractivity contribution is -0.142. The Bertz CT molecular complexity index is 411. The maximum atomic E-state index is 11.1. The molecule has 0 bridgehead atoms. The number of anilines is 2. The molecule has 17 heavy (non-hydrogen) atoms. The summed E-state index contributed by atoms with van der Waals surface area (Å²) < 4.78 is 4.80. The van der Waals surface area contributed by atoms with Gasteiger partial charge in [-0.3, -0.25) is 4.79 Å². The number of nitrogen functional groups attached to an aromatic ring is 1. The molecular formula is C11H14Cl2N2O2. The molecule has 1 aromatic carbocycles. The zero-order valence-electron chi connectivity index (χ0n) is 9.43. The molecule has 1 rings (SSSR count). The van der Waals surface area contributed by atoms with E-state index in [2.05, 4.69) is 5.32 Å². The van der Waals surface area contributed by atoms with Gasteiger partial charge in [0.25, 0.3) is 0 Å². The summed E-state index contributed by atoms with van der Waals surface area (Å²) in [7, 11) is 0. The van der Waals surface area contributed by atoms with Gasteiger partial charge < -0.3 is 15.8 Å². The van der Waals surface area contributed by atoms with Crippen LogP contribution in [0.2, 0.25) is 10.0 Å². The van der Waals surface area contributed by atoms with Crippen LogP contribution in [0, 0.1) is 0 Å². The molecule has 0 saturated carbocycles. The van der Waals surface area contributed by atoms with Crippen LogP contribution in [0.15, 0.2) is 12.1 Å². The third kappa shape index (κ3) is 4.32. The van der Waals surface area contributed by atoms with Gasteiger partial charge in [-0.1, -0.05) is 23.2 Å². The first kappa shape index (κ1) is 13.9. The second-order valence-corrected chi connectivity index (χ2v) is 4.15. The molecular weight excluding hydrogens is 263 g/mol. The van der Waals surface area contributed by atoms with Crippen LogP contribution in [0.3, 0.4) is 0 Å². The third-order valence-electron chi connectivity index (χ3n) is 2.04. The SMILES string of the molecule is CCOC(=O)CCNc1cc(Cl)c(Cl)cc1N. The van der Waals surface area contributed by atoms with Gasteiger partial charge in [0, 0.05) is 6.54 Å². The number of benzene rings is 1. The first-order valence-corrected chi connectivity index (χ1v) is 5.94. The number of carbonyl (C=O) groups excluding carboxylic acids is 1. The summed E-state index contributed by atoms with van der Waals surface area (Å²) in [5.41, 5.74) is 6.89. The fourth-order valence-electron chi connectivity index (χ4n) is 1.25. The highest BCUT2D eigenvalue weighted by molar-refractivity contribution is 6.42. The van der Waals surface area contributed by atoms with Gasteiger partial charge in [-0.05, 0) is 19.1 Å². The molecule has 0 fully saturated rings. The van der Waals surface area contributed by atoms with Gasteiger partial charge in [0.1, 0.15) is 0 Å². The summed E-state index contributed by atoms with van der Waals surface area (Å²) in [6.07, 6.45) is 0.271. The Labute approximate surface area is 110 Å². The van der Waals surface area contributed by atoms with Gasteiger partial charge in [-0.15, -0.1) is 0 Å². The van der Waals surface area contributed by atoms with Crippen molar-refractivity contribution >= 4 is 40.5 Å². The van der Waals surface area contributed by atoms with Gasteiger partial charge >= 0.3 is 5.97 Å². The molecule has 0 radical (unpaired) electrons. The molecule has 0 spiro atoms. The molecule has 0 heterocycles. The van der Waals surface area contributed by atoms with Crippen LogP contribution < -0.4 is 11.1 Å². The molecule has 0 amide bonds. The summed E-state index contributed by atoms with van der Waals surface area (Å²) in [4.78, 5) is 11.1. The highest BCUT2D eigenvalue weighted by Crippen LogP contribution is 2.30. The molecule has 0 atom stereocenters. The second-order valence-electron chi connectivity index (χ2n) is 3.34. The number of halogens is 2. The van der Waals surface area contributed by atoms with Crippen LogP contribution in [0.5, 0.6) is 0 Å². The smallest absolute Gasteiger partial charge is 0.307 e. The molecule has 0 unspecified atom stereocenters. The minimum Gasteiger partial charge on any atom is -0.466 e. The summed E-state index contributed by atoms with van der Waals surface area (Å²) in [5.74, 6) is -0.251. The van der Waals surface area contributed by atoms with Crippen molar-refractivity contribution in [1.29, 1.82) is 0 Å². The third-order valence-corrected chi connectivity index (χ3v) is 2.76. The minimum absolute atomic E-state index is 0.251. The van der Waals surface area contributed by atoms with E-state index in [0.717, 1.165) is 0 Å². The lowest BCUT2D eigenvalue weighted by Gasteiger charge is -2.10. The number of nitrogens with one attached hydrogen (secondary N) is 1. The molecule has 3 N–H and O–H groups in total. The van der Waals surface area contributed by atoms with Crippen LogP contribution in [0.25, 0.3) is 0 Å². The minimum atomic E-state index is -0.251. The fourth-order valence-corrected chi connectivity index (χ4v) is 1.58. The van der Waals surface area contributed by atoms with Gasteiger partial charge in [0.15, 0.2) is 0 Å². The summed E-state index contributed by atoms with van der Waals surface area (Å²) in [6.45, 7) is 2.58. The average molecular weight is 277 g/mol. The van der Waals surface area contributed by atoms with Gasteiger partial charge in [-0.2, -0.15) is 0 Å². The van der Waals surface area contributed by atoms with Gasteiger partial charge in [0.2, 0.25) is 0 Å². The Hall–Kier alpha value is -1.13. The quantitative estimate of drug-likeness (QED) is 0.641. The van der Waals surface area contributed by atoms with Crippen molar-refractivity contribution in [3.05, 3.63) is 22.2 Å². The maximum absolute atomic E-state index is 11.1. The standard InChI is InChI=1S/C11H14Cl2N2O2/c1-2-17-11(16)3-4-15-10-6-8(13)7(12)5-9(10)14/h5-6,15H,2-4,14H2,1H3. The van der Waals surface area contributed by atoms with Crippen molar-refractivity contribution < 1.29 is 9.53 Å². The van der Waals surface area contributed by atoms with E-state index >= 15 is 0 Å². The van der Waals surface area contributed by atoms with Crippen LogP contribution in [-0.2, 0) is 9.53 Å². The van der Waals surface area contributed by atoms with Crippen molar-refractivity contribution in [2.45, 2.75) is 13.3 Å². The molecule has 0 saturated heterocycles. The molecule has 6 heteroatoms. The number of ether oxygens (including phenoxy) is 1. The number of rotatable bonds is 5. The van der Waals surface area contributed by atoms with Gasteiger partial charge in [-0.25, -0.2) is 0 Å². The monoisotopic (exact) mass is 276 g/mol. The lowest BCUT2D eigenvalue weighted by atomic mass is 10.2. The Morgan fingerprint density at radius 1 is 1.41 bits per heavy atom. The predicted molar refractivity (Wildman–Crippen MR) is 70.6 cm³/mol. The lowest BCUT2D eigenvalue weighted by Crippen LogP contribution is -2.12. The Balaban J connectivity index is 2.52. The van der Waals surface area contributed by atoms with Crippen LogP contribution >= 0.6 is 23.2 Å². The second kappa shape index (κ2) is 6.57. The van der Waals surface area contributed by atoms with E-state index < -0.39 is 0 Å². The zero-order chi connectivity index (χ0) is 12.8. The van der Waals surface area contributed by atoms with Crippen LogP contribution in [0.4, 0.5) is 11.4 Å². The van der Waals surface area contributed by atoms with Crippen molar-refractivity contribution in [2.75, 3.05) is 24.2 Å². The molecule has 0 aliphatic rings. The molecule has 0 aliphatic heterocycles. The summed E-state index contributed by atoms with van der Waals surface area (Å²) in [6, 6.07) is 3.20. The zero-order valence-corrected chi connectivity index (χ0v) is 10.9. The van der Waals surface area contributed by atoms with Crippen molar-refractivity contribution in [3.8, 4) is 0 Å². The van der Waals surface area contributed by atoms with E-state index in [9.17, 15) is 4.79 Å². The Morgan fingerprint density at radius 3 is 2.71 bits per heavy atom. The first-order valence-electron chi connectivity index (χ1n) is 5.18. The Kier molecular flexibility index (Phi) is 5.38. The van der Waals surface area contributed by atoms with E-state index in [-0.39, 0.29) is 12.4 Å². The normalized spacial score (nSPS) is 10.1. The van der Waals surface area contributed by atoms with E-state index in [1.807, 2.05) is 0 Å². The molecule has 0 aromatic heterocycles. The van der Waals surface area contributed by atoms with E-state index in [0.29, 0.717) is 34.6 Å². The van der Waals surface area contributed by atoms with E-state index in [4.69, 9.17) is 33.7 Å². The van der Waals surface area contributed by atoms with Gasteiger partial charge in [0.05, 0.1) is 34.4 Å². The number of hydrogen-bond donors (Lipinski definition) is 2. The van der Waals surface area contributed by atoms with Crippen molar-refractivity contribution in [2.24, 2.45) is 0 Å². The highest BCUT2D eigenvalue weighted by Gasteiger charge is 2.06. The summed E-state index contributed by atoms with van der Waals surface area (Å²) >= 11 is 11.7. The first-order chi connectivity index (χ1) is 8.04. The van der Waals surface area contributed by atoms with Crippen molar-refractivity contribution in [1.82, 2.24) is 0 Å². The number of hydrogen-bond acceptors (Lipinski definition) is 4. The maximum Gasteiger partial charge on any atom is 0.307 e.